The maximum atomic E-state index is 13.2. The van der Waals surface area contributed by atoms with Crippen LogP contribution >= 0.6 is 0 Å². The molecule has 0 unspecified atom stereocenters. The molecule has 6 nitrogen and oxygen atoms in total. The van der Waals surface area contributed by atoms with Crippen LogP contribution in [-0.2, 0) is 6.18 Å². The van der Waals surface area contributed by atoms with Crippen LogP contribution in [0.5, 0.6) is 0 Å². The summed E-state index contributed by atoms with van der Waals surface area (Å²) in [6, 6.07) is 9.73. The first-order chi connectivity index (χ1) is 14.2. The number of aliphatic hydroxyl groups excluding tert-OH is 1. The molecule has 30 heavy (non-hydrogen) atoms. The third-order valence-electron chi connectivity index (χ3n) is 5.48. The number of fused-ring (bicyclic) bond motifs is 1. The monoisotopic (exact) mass is 417 g/mol. The molecule has 2 heterocycles. The van der Waals surface area contributed by atoms with Crippen molar-refractivity contribution in [1.29, 1.82) is 0 Å². The van der Waals surface area contributed by atoms with E-state index in [0.717, 1.165) is 29.1 Å². The second-order valence-electron chi connectivity index (χ2n) is 7.49. The van der Waals surface area contributed by atoms with Gasteiger partial charge in [0, 0.05) is 29.5 Å². The van der Waals surface area contributed by atoms with Gasteiger partial charge in [0.15, 0.2) is 5.82 Å². The fourth-order valence-corrected chi connectivity index (χ4v) is 3.87. The number of nitrogens with one attached hydrogen (secondary N) is 1. The van der Waals surface area contributed by atoms with Crippen LogP contribution < -0.4 is 16.0 Å². The lowest BCUT2D eigenvalue weighted by atomic mass is 10.00. The number of anilines is 2. The van der Waals surface area contributed by atoms with Crippen LogP contribution in [0, 0.1) is 6.92 Å². The van der Waals surface area contributed by atoms with Gasteiger partial charge in [0.25, 0.3) is 0 Å². The number of rotatable bonds is 4. The molecule has 2 aromatic carbocycles. The lowest BCUT2D eigenvalue weighted by Gasteiger charge is -2.21. The Morgan fingerprint density at radius 3 is 2.77 bits per heavy atom. The predicted octanol–water partition coefficient (Wildman–Crippen LogP) is 3.60. The lowest BCUT2D eigenvalue weighted by molar-refractivity contribution is -0.138. The zero-order chi connectivity index (χ0) is 21.5. The fraction of sp³-hybridized carbons (Fsp3) is 0.333. The van der Waals surface area contributed by atoms with Crippen LogP contribution in [-0.4, -0.2) is 34.5 Å². The minimum atomic E-state index is -4.45. The molecule has 0 amide bonds. The molecule has 0 aliphatic carbocycles. The first kappa shape index (κ1) is 20.4. The fourth-order valence-electron chi connectivity index (χ4n) is 3.87. The Morgan fingerprint density at radius 2 is 2.07 bits per heavy atom. The summed E-state index contributed by atoms with van der Waals surface area (Å²) in [7, 11) is 0. The number of hydrogen-bond donors (Lipinski definition) is 3. The molecule has 0 saturated carbocycles. The van der Waals surface area contributed by atoms with Gasteiger partial charge in [0.2, 0.25) is 0 Å². The van der Waals surface area contributed by atoms with Crippen LogP contribution in [0.2, 0.25) is 0 Å². The van der Waals surface area contributed by atoms with Crippen LogP contribution in [0.15, 0.2) is 42.6 Å². The summed E-state index contributed by atoms with van der Waals surface area (Å²) in [4.78, 5) is 2.07. The van der Waals surface area contributed by atoms with Gasteiger partial charge in [-0.1, -0.05) is 18.2 Å². The smallest absolute Gasteiger partial charge is 0.391 e. The third kappa shape index (κ3) is 3.90. The molecule has 2 atom stereocenters. The molecule has 1 aliphatic rings. The molecule has 9 heteroatoms. The summed E-state index contributed by atoms with van der Waals surface area (Å²) in [6.45, 7) is 2.71. The highest BCUT2D eigenvalue weighted by Crippen LogP contribution is 2.35. The van der Waals surface area contributed by atoms with Crippen molar-refractivity contribution < 1.29 is 18.3 Å². The molecule has 0 radical (unpaired) electrons. The molecular formula is C21H22F3N5O. The second-order valence-corrected chi connectivity index (χ2v) is 7.49. The minimum absolute atomic E-state index is 0.0740. The molecule has 4 N–H and O–H groups in total. The first-order valence-electron chi connectivity index (χ1n) is 9.61. The van der Waals surface area contributed by atoms with E-state index in [9.17, 15) is 18.3 Å². The Hall–Kier alpha value is -2.91. The van der Waals surface area contributed by atoms with Gasteiger partial charge in [-0.3, -0.25) is 0 Å². The molecule has 1 aromatic heterocycles. The van der Waals surface area contributed by atoms with Gasteiger partial charge in [-0.15, -0.1) is 5.10 Å². The number of halogens is 3. The number of nitrogens with zero attached hydrogens (tertiary/aromatic N) is 3. The first-order valence-corrected chi connectivity index (χ1v) is 9.61. The topological polar surface area (TPSA) is 87.3 Å². The van der Waals surface area contributed by atoms with Crippen molar-refractivity contribution >= 4 is 22.3 Å². The van der Waals surface area contributed by atoms with Gasteiger partial charge in [-0.2, -0.15) is 18.3 Å². The maximum absolute atomic E-state index is 13.2. The van der Waals surface area contributed by atoms with E-state index in [0.29, 0.717) is 24.3 Å². The molecule has 3 aromatic rings. The molecule has 1 fully saturated rings. The summed E-state index contributed by atoms with van der Waals surface area (Å²) >= 11 is 0. The predicted molar refractivity (Wildman–Crippen MR) is 109 cm³/mol. The van der Waals surface area contributed by atoms with Crippen molar-refractivity contribution in [1.82, 2.24) is 10.2 Å². The van der Waals surface area contributed by atoms with E-state index < -0.39 is 17.9 Å². The Kier molecular flexibility index (Phi) is 5.25. The average molecular weight is 417 g/mol. The largest absolute Gasteiger partial charge is 0.416 e. The summed E-state index contributed by atoms with van der Waals surface area (Å²) in [6.07, 6.45) is -3.38. The van der Waals surface area contributed by atoms with Crippen molar-refractivity contribution in [2.24, 2.45) is 5.73 Å². The highest BCUT2D eigenvalue weighted by atomic mass is 19.4. The standard InChI is InChI=1S/C21H22F3N5O/c1-12-16(3-2-4-18(12)21(22,23)24)19(25)27-20-17-9-14(29-8-7-15(30)11-29)6-5-13(17)10-26-28-20/h2-6,9-10,15,19,30H,7-8,11,25H2,1H3,(H,27,28)/t15-,19-/m0/s1. The van der Waals surface area contributed by atoms with Crippen LogP contribution in [0.25, 0.3) is 10.8 Å². The molecule has 158 valence electrons. The lowest BCUT2D eigenvalue weighted by Crippen LogP contribution is -2.23. The minimum Gasteiger partial charge on any atom is -0.391 e. The summed E-state index contributed by atoms with van der Waals surface area (Å²) < 4.78 is 39.7. The van der Waals surface area contributed by atoms with Gasteiger partial charge in [0.05, 0.1) is 17.9 Å². The van der Waals surface area contributed by atoms with E-state index >= 15 is 0 Å². The summed E-state index contributed by atoms with van der Waals surface area (Å²) in [5.74, 6) is 0.387. The summed E-state index contributed by atoms with van der Waals surface area (Å²) in [5, 5.41) is 22.5. The highest BCUT2D eigenvalue weighted by molar-refractivity contribution is 5.93. The number of aliphatic hydroxyl groups is 1. The van der Waals surface area contributed by atoms with Gasteiger partial charge < -0.3 is 21.1 Å². The van der Waals surface area contributed by atoms with Crippen molar-refractivity contribution in [3.8, 4) is 0 Å². The zero-order valence-corrected chi connectivity index (χ0v) is 16.3. The van der Waals surface area contributed by atoms with Crippen molar-refractivity contribution in [3.63, 3.8) is 0 Å². The van der Waals surface area contributed by atoms with Crippen LogP contribution in [0.4, 0.5) is 24.7 Å². The molecule has 0 spiro atoms. The van der Waals surface area contributed by atoms with Gasteiger partial charge in [-0.25, -0.2) is 0 Å². The third-order valence-corrected chi connectivity index (χ3v) is 5.48. The Balaban J connectivity index is 1.67. The van der Waals surface area contributed by atoms with Crippen molar-refractivity contribution in [3.05, 3.63) is 59.3 Å². The number of alkyl halides is 3. The van der Waals surface area contributed by atoms with Gasteiger partial charge >= 0.3 is 6.18 Å². The number of β-amino-alcohol motifs (C(OH)–C–C–N with tert-alkyl or cyclic N) is 1. The second kappa shape index (κ2) is 7.73. The number of hydrogen-bond acceptors (Lipinski definition) is 6. The zero-order valence-electron chi connectivity index (χ0n) is 16.3. The average Bonchev–Trinajstić information content (AvgIpc) is 3.13. The van der Waals surface area contributed by atoms with E-state index in [1.54, 1.807) is 12.3 Å². The van der Waals surface area contributed by atoms with Crippen molar-refractivity contribution in [2.45, 2.75) is 31.8 Å². The Labute approximate surface area is 171 Å². The molecular weight excluding hydrogens is 395 g/mol. The molecule has 1 saturated heterocycles. The number of nitrogens with two attached hydrogens (primary N) is 1. The number of aromatic nitrogens is 2. The van der Waals surface area contributed by atoms with Crippen molar-refractivity contribution in [2.75, 3.05) is 23.3 Å². The molecule has 1 aliphatic heterocycles. The summed E-state index contributed by atoms with van der Waals surface area (Å²) in [5.41, 5.74) is 6.85. The normalized spacial score (nSPS) is 18.1. The molecule has 4 rings (SSSR count). The number of benzene rings is 2. The van der Waals surface area contributed by atoms with Crippen LogP contribution in [0.3, 0.4) is 0 Å². The van der Waals surface area contributed by atoms with E-state index in [-0.39, 0.29) is 11.7 Å². The Morgan fingerprint density at radius 1 is 1.27 bits per heavy atom. The van der Waals surface area contributed by atoms with Gasteiger partial charge in [0.1, 0.15) is 6.17 Å². The Bertz CT molecular complexity index is 1070. The van der Waals surface area contributed by atoms with Gasteiger partial charge in [-0.05, 0) is 42.7 Å². The van der Waals surface area contributed by atoms with E-state index in [1.807, 2.05) is 18.2 Å². The molecule has 0 bridgehead atoms. The quantitative estimate of drug-likeness (QED) is 0.563. The maximum Gasteiger partial charge on any atom is 0.416 e. The highest BCUT2D eigenvalue weighted by Gasteiger charge is 2.33. The van der Waals surface area contributed by atoms with E-state index in [1.165, 1.54) is 13.0 Å². The SMILES string of the molecule is Cc1c([C@@H](N)Nc2nncc3ccc(N4CC[C@H](O)C4)cc23)cccc1C(F)(F)F. The van der Waals surface area contributed by atoms with E-state index in [2.05, 4.69) is 20.4 Å². The van der Waals surface area contributed by atoms with E-state index in [4.69, 9.17) is 5.73 Å². The van der Waals surface area contributed by atoms with Crippen LogP contribution in [0.1, 0.15) is 29.3 Å².